The molecule has 3 nitrogen and oxygen atoms in total. The summed E-state index contributed by atoms with van der Waals surface area (Å²) in [7, 11) is 0. The monoisotopic (exact) mass is 294 g/mol. The standard InChI is InChI=1S/C16H26N2OS/c1-4-8-18-9-6-5-7-13-10-14(20-16(13)18)15(19)17-11-12(2)3/h10,12H,4-9,11H2,1-3H3,(H,17,19). The van der Waals surface area contributed by atoms with Crippen molar-refractivity contribution in [1.82, 2.24) is 5.32 Å². The van der Waals surface area contributed by atoms with E-state index in [0.29, 0.717) is 5.92 Å². The maximum Gasteiger partial charge on any atom is 0.261 e. The molecule has 0 saturated heterocycles. The van der Waals surface area contributed by atoms with Gasteiger partial charge in [0.1, 0.15) is 0 Å². The summed E-state index contributed by atoms with van der Waals surface area (Å²) in [4.78, 5) is 15.5. The highest BCUT2D eigenvalue weighted by molar-refractivity contribution is 7.18. The summed E-state index contributed by atoms with van der Waals surface area (Å²) in [6, 6.07) is 2.11. The lowest BCUT2D eigenvalue weighted by Crippen LogP contribution is -2.26. The molecule has 112 valence electrons. The van der Waals surface area contributed by atoms with Crippen LogP contribution in [0.25, 0.3) is 0 Å². The van der Waals surface area contributed by atoms with E-state index in [0.717, 1.165) is 37.4 Å². The average molecular weight is 294 g/mol. The minimum absolute atomic E-state index is 0.0909. The van der Waals surface area contributed by atoms with E-state index in [1.165, 1.54) is 23.4 Å². The van der Waals surface area contributed by atoms with Crippen LogP contribution in [0.15, 0.2) is 6.07 Å². The summed E-state index contributed by atoms with van der Waals surface area (Å²) in [5.41, 5.74) is 1.37. The molecule has 0 aromatic carbocycles. The van der Waals surface area contributed by atoms with Crippen LogP contribution in [-0.4, -0.2) is 25.5 Å². The lowest BCUT2D eigenvalue weighted by Gasteiger charge is -2.21. The number of fused-ring (bicyclic) bond motifs is 1. The van der Waals surface area contributed by atoms with Crippen LogP contribution in [0.4, 0.5) is 5.00 Å². The molecule has 4 heteroatoms. The molecule has 0 bridgehead atoms. The van der Waals surface area contributed by atoms with Gasteiger partial charge in [-0.3, -0.25) is 4.79 Å². The Labute approximate surface area is 126 Å². The second kappa shape index (κ2) is 7.11. The Bertz CT molecular complexity index is 453. The third-order valence-corrected chi connectivity index (χ3v) is 4.82. The Hall–Kier alpha value is -1.03. The first-order valence-corrected chi connectivity index (χ1v) is 8.59. The predicted molar refractivity (Wildman–Crippen MR) is 86.9 cm³/mol. The van der Waals surface area contributed by atoms with Gasteiger partial charge in [0.15, 0.2) is 0 Å². The molecule has 1 aromatic rings. The number of nitrogens with one attached hydrogen (secondary N) is 1. The lowest BCUT2D eigenvalue weighted by atomic mass is 10.1. The number of thiophene rings is 1. The van der Waals surface area contributed by atoms with Gasteiger partial charge in [-0.15, -0.1) is 11.3 Å². The van der Waals surface area contributed by atoms with E-state index in [1.807, 2.05) is 0 Å². The Kier molecular flexibility index (Phi) is 5.46. The van der Waals surface area contributed by atoms with Gasteiger partial charge in [0.2, 0.25) is 0 Å². The number of aryl methyl sites for hydroxylation is 1. The minimum Gasteiger partial charge on any atom is -0.363 e. The second-order valence-electron chi connectivity index (χ2n) is 5.99. The molecule has 0 unspecified atom stereocenters. The highest BCUT2D eigenvalue weighted by Gasteiger charge is 2.20. The van der Waals surface area contributed by atoms with Crippen molar-refractivity contribution in [1.29, 1.82) is 0 Å². The van der Waals surface area contributed by atoms with Gasteiger partial charge < -0.3 is 10.2 Å². The van der Waals surface area contributed by atoms with E-state index in [4.69, 9.17) is 0 Å². The lowest BCUT2D eigenvalue weighted by molar-refractivity contribution is 0.0953. The van der Waals surface area contributed by atoms with E-state index in [-0.39, 0.29) is 5.91 Å². The fraction of sp³-hybridized carbons (Fsp3) is 0.688. The smallest absolute Gasteiger partial charge is 0.261 e. The summed E-state index contributed by atoms with van der Waals surface area (Å²) in [5.74, 6) is 0.585. The molecule has 0 atom stereocenters. The van der Waals surface area contributed by atoms with E-state index in [9.17, 15) is 4.79 Å². The molecule has 20 heavy (non-hydrogen) atoms. The van der Waals surface area contributed by atoms with Gasteiger partial charge in [-0.1, -0.05) is 20.8 Å². The highest BCUT2D eigenvalue weighted by atomic mass is 32.1. The summed E-state index contributed by atoms with van der Waals surface area (Å²) in [6.07, 6.45) is 4.77. The number of rotatable bonds is 5. The zero-order chi connectivity index (χ0) is 14.5. The van der Waals surface area contributed by atoms with E-state index in [1.54, 1.807) is 11.3 Å². The maximum atomic E-state index is 12.2. The van der Waals surface area contributed by atoms with Crippen molar-refractivity contribution in [3.63, 3.8) is 0 Å². The molecule has 0 spiro atoms. The van der Waals surface area contributed by atoms with Gasteiger partial charge in [-0.25, -0.2) is 0 Å². The van der Waals surface area contributed by atoms with Crippen LogP contribution in [0.2, 0.25) is 0 Å². The van der Waals surface area contributed by atoms with Crippen LogP contribution in [0.5, 0.6) is 0 Å². The summed E-state index contributed by atoms with van der Waals surface area (Å²) < 4.78 is 0. The molecule has 1 amide bonds. The van der Waals surface area contributed by atoms with Crippen LogP contribution < -0.4 is 10.2 Å². The van der Waals surface area contributed by atoms with Crippen molar-refractivity contribution in [2.45, 2.75) is 46.5 Å². The third-order valence-electron chi connectivity index (χ3n) is 3.59. The Morgan fingerprint density at radius 3 is 2.95 bits per heavy atom. The average Bonchev–Trinajstić information content (AvgIpc) is 2.75. The normalized spacial score (nSPS) is 15.1. The SMILES string of the molecule is CCCN1CCCCc2cc(C(=O)NCC(C)C)sc21. The van der Waals surface area contributed by atoms with Crippen molar-refractivity contribution in [3.05, 3.63) is 16.5 Å². The van der Waals surface area contributed by atoms with Crippen LogP contribution in [0.1, 0.15) is 55.3 Å². The predicted octanol–water partition coefficient (Wildman–Crippen LogP) is 3.69. The van der Waals surface area contributed by atoms with Crippen molar-refractivity contribution in [2.75, 3.05) is 24.5 Å². The molecule has 2 rings (SSSR count). The molecule has 0 fully saturated rings. The summed E-state index contributed by atoms with van der Waals surface area (Å²) >= 11 is 1.67. The number of hydrogen-bond acceptors (Lipinski definition) is 3. The van der Waals surface area contributed by atoms with Gasteiger partial charge in [0.25, 0.3) is 5.91 Å². The zero-order valence-corrected chi connectivity index (χ0v) is 13.7. The molecule has 0 radical (unpaired) electrons. The number of carbonyl (C=O) groups is 1. The first-order valence-electron chi connectivity index (χ1n) is 7.77. The number of hydrogen-bond donors (Lipinski definition) is 1. The topological polar surface area (TPSA) is 32.3 Å². The Balaban J connectivity index is 2.13. The molecule has 0 saturated carbocycles. The molecule has 1 aromatic heterocycles. The minimum atomic E-state index is 0.0909. The number of carbonyl (C=O) groups excluding carboxylic acids is 1. The van der Waals surface area contributed by atoms with E-state index in [2.05, 4.69) is 37.1 Å². The van der Waals surface area contributed by atoms with Crippen molar-refractivity contribution < 1.29 is 4.79 Å². The van der Waals surface area contributed by atoms with E-state index < -0.39 is 0 Å². The first kappa shape index (κ1) is 15.4. The summed E-state index contributed by atoms with van der Waals surface area (Å²) in [5, 5.41) is 4.36. The van der Waals surface area contributed by atoms with Crippen LogP contribution in [0.3, 0.4) is 0 Å². The molecular formula is C16H26N2OS. The van der Waals surface area contributed by atoms with Crippen molar-refractivity contribution >= 4 is 22.2 Å². The van der Waals surface area contributed by atoms with Crippen LogP contribution in [0, 0.1) is 5.92 Å². The summed E-state index contributed by atoms with van der Waals surface area (Å²) in [6.45, 7) is 9.43. The molecule has 1 N–H and O–H groups in total. The quantitative estimate of drug-likeness (QED) is 0.898. The van der Waals surface area contributed by atoms with Gasteiger partial charge in [0.05, 0.1) is 9.88 Å². The number of nitrogens with zero attached hydrogens (tertiary/aromatic N) is 1. The highest BCUT2D eigenvalue weighted by Crippen LogP contribution is 2.35. The molecule has 1 aliphatic rings. The Morgan fingerprint density at radius 2 is 2.25 bits per heavy atom. The fourth-order valence-electron chi connectivity index (χ4n) is 2.56. The number of amides is 1. The molecule has 1 aliphatic heterocycles. The first-order chi connectivity index (χ1) is 9.61. The van der Waals surface area contributed by atoms with Crippen molar-refractivity contribution in [3.8, 4) is 0 Å². The van der Waals surface area contributed by atoms with Gasteiger partial charge in [0, 0.05) is 19.6 Å². The van der Waals surface area contributed by atoms with Gasteiger partial charge >= 0.3 is 0 Å². The fourth-order valence-corrected chi connectivity index (χ4v) is 3.74. The molecule has 2 heterocycles. The van der Waals surface area contributed by atoms with E-state index >= 15 is 0 Å². The Morgan fingerprint density at radius 1 is 1.45 bits per heavy atom. The van der Waals surface area contributed by atoms with Crippen molar-refractivity contribution in [2.24, 2.45) is 5.92 Å². The van der Waals surface area contributed by atoms with Crippen LogP contribution >= 0.6 is 11.3 Å². The largest absolute Gasteiger partial charge is 0.363 e. The second-order valence-corrected chi connectivity index (χ2v) is 7.02. The zero-order valence-electron chi connectivity index (χ0n) is 12.9. The molecular weight excluding hydrogens is 268 g/mol. The number of anilines is 1. The molecule has 0 aliphatic carbocycles. The third kappa shape index (κ3) is 3.75. The van der Waals surface area contributed by atoms with Gasteiger partial charge in [-0.2, -0.15) is 0 Å². The van der Waals surface area contributed by atoms with Crippen LogP contribution in [-0.2, 0) is 6.42 Å². The maximum absolute atomic E-state index is 12.2. The van der Waals surface area contributed by atoms with Gasteiger partial charge in [-0.05, 0) is 43.2 Å².